The van der Waals surface area contributed by atoms with Crippen LogP contribution in [0.1, 0.15) is 10.5 Å². The standard InChI is InChI=1S/C8H9ClN2O3S2/c9-16(13,14)4-3-15-6-1-2-11-7(5-6)8(10)12/h1-2,5H,3-4H2,(H2,10,12). The van der Waals surface area contributed by atoms with Crippen LogP contribution in [-0.2, 0) is 9.05 Å². The third kappa shape index (κ3) is 4.82. The van der Waals surface area contributed by atoms with E-state index < -0.39 is 15.0 Å². The van der Waals surface area contributed by atoms with Crippen molar-refractivity contribution >= 4 is 37.4 Å². The SMILES string of the molecule is NC(=O)c1cc(SCCS(=O)(=O)Cl)ccn1. The van der Waals surface area contributed by atoms with Gasteiger partial charge in [0.05, 0.1) is 5.75 Å². The van der Waals surface area contributed by atoms with Crippen LogP contribution in [0.5, 0.6) is 0 Å². The van der Waals surface area contributed by atoms with Crippen LogP contribution in [0.3, 0.4) is 0 Å². The highest BCUT2D eigenvalue weighted by Crippen LogP contribution is 2.18. The zero-order chi connectivity index (χ0) is 12.2. The van der Waals surface area contributed by atoms with E-state index >= 15 is 0 Å². The van der Waals surface area contributed by atoms with Gasteiger partial charge in [0.25, 0.3) is 5.91 Å². The van der Waals surface area contributed by atoms with Gasteiger partial charge in [-0.1, -0.05) is 0 Å². The number of rotatable bonds is 5. The van der Waals surface area contributed by atoms with Gasteiger partial charge in [0.15, 0.2) is 0 Å². The summed E-state index contributed by atoms with van der Waals surface area (Å²) < 4.78 is 21.3. The van der Waals surface area contributed by atoms with Crippen LogP contribution in [0.25, 0.3) is 0 Å². The fraction of sp³-hybridized carbons (Fsp3) is 0.250. The first kappa shape index (κ1) is 13.3. The molecule has 1 aromatic heterocycles. The molecule has 0 aliphatic carbocycles. The van der Waals surface area contributed by atoms with E-state index in [0.717, 1.165) is 4.90 Å². The average Bonchev–Trinajstić information content (AvgIpc) is 2.16. The lowest BCUT2D eigenvalue weighted by atomic mass is 10.3. The van der Waals surface area contributed by atoms with Gasteiger partial charge in [-0.25, -0.2) is 8.42 Å². The number of primary amides is 1. The molecule has 8 heteroatoms. The highest BCUT2D eigenvalue weighted by Gasteiger charge is 2.07. The van der Waals surface area contributed by atoms with E-state index in [2.05, 4.69) is 4.98 Å². The third-order valence-corrected chi connectivity index (χ3v) is 3.99. The van der Waals surface area contributed by atoms with E-state index in [4.69, 9.17) is 16.4 Å². The summed E-state index contributed by atoms with van der Waals surface area (Å²) in [4.78, 5) is 15.3. The summed E-state index contributed by atoms with van der Waals surface area (Å²) >= 11 is 1.27. The first-order valence-corrected chi connectivity index (χ1v) is 7.66. The first-order chi connectivity index (χ1) is 7.38. The lowest BCUT2D eigenvalue weighted by molar-refractivity contribution is 0.0995. The normalized spacial score (nSPS) is 11.3. The second-order valence-electron chi connectivity index (χ2n) is 2.83. The number of carbonyl (C=O) groups excluding carboxylic acids is 1. The molecule has 1 heterocycles. The Kier molecular flexibility index (Phi) is 4.57. The minimum atomic E-state index is -3.48. The monoisotopic (exact) mass is 280 g/mol. The highest BCUT2D eigenvalue weighted by molar-refractivity contribution is 8.14. The van der Waals surface area contributed by atoms with E-state index in [9.17, 15) is 13.2 Å². The van der Waals surface area contributed by atoms with Crippen molar-refractivity contribution in [1.29, 1.82) is 0 Å². The smallest absolute Gasteiger partial charge is 0.267 e. The number of halogens is 1. The Hall–Kier alpha value is -0.790. The summed E-state index contributed by atoms with van der Waals surface area (Å²) in [7, 11) is 1.58. The van der Waals surface area contributed by atoms with Gasteiger partial charge in [0.2, 0.25) is 9.05 Å². The second-order valence-corrected chi connectivity index (χ2v) is 6.90. The minimum Gasteiger partial charge on any atom is -0.364 e. The number of nitrogens with zero attached hydrogens (tertiary/aromatic N) is 1. The van der Waals surface area contributed by atoms with Crippen molar-refractivity contribution in [3.8, 4) is 0 Å². The van der Waals surface area contributed by atoms with Crippen molar-refractivity contribution in [3.05, 3.63) is 24.0 Å². The molecule has 1 aromatic rings. The lowest BCUT2D eigenvalue weighted by Gasteiger charge is -2.01. The number of aromatic nitrogens is 1. The number of thioether (sulfide) groups is 1. The quantitative estimate of drug-likeness (QED) is 0.638. The van der Waals surface area contributed by atoms with E-state index in [1.54, 1.807) is 6.07 Å². The number of hydrogen-bond donors (Lipinski definition) is 1. The highest BCUT2D eigenvalue weighted by atomic mass is 35.7. The van der Waals surface area contributed by atoms with Gasteiger partial charge in [-0.05, 0) is 12.1 Å². The molecule has 0 atom stereocenters. The van der Waals surface area contributed by atoms with E-state index in [-0.39, 0.29) is 11.4 Å². The topological polar surface area (TPSA) is 90.1 Å². The average molecular weight is 281 g/mol. The molecule has 0 bridgehead atoms. The van der Waals surface area contributed by atoms with Crippen LogP contribution < -0.4 is 5.73 Å². The number of pyridine rings is 1. The van der Waals surface area contributed by atoms with Crippen LogP contribution >= 0.6 is 22.4 Å². The summed E-state index contributed by atoms with van der Waals surface area (Å²) in [5, 5.41) is 0. The Labute approximate surface area is 102 Å². The maximum atomic E-state index is 10.8. The fourth-order valence-corrected chi connectivity index (χ4v) is 3.18. The lowest BCUT2D eigenvalue weighted by Crippen LogP contribution is -2.12. The molecule has 0 saturated carbocycles. The molecule has 0 spiro atoms. The summed E-state index contributed by atoms with van der Waals surface area (Å²) in [6.45, 7) is 0. The summed E-state index contributed by atoms with van der Waals surface area (Å²) in [5.41, 5.74) is 5.20. The predicted octanol–water partition coefficient (Wildman–Crippen LogP) is 0.841. The molecule has 5 nitrogen and oxygen atoms in total. The number of hydrogen-bond acceptors (Lipinski definition) is 5. The van der Waals surface area contributed by atoms with E-state index in [1.165, 1.54) is 24.0 Å². The van der Waals surface area contributed by atoms with E-state index in [0.29, 0.717) is 5.75 Å². The van der Waals surface area contributed by atoms with Gasteiger partial charge in [0, 0.05) is 27.5 Å². The zero-order valence-electron chi connectivity index (χ0n) is 8.09. The summed E-state index contributed by atoms with van der Waals surface area (Å²) in [5.74, 6) is -0.436. The zero-order valence-corrected chi connectivity index (χ0v) is 10.5. The first-order valence-electron chi connectivity index (χ1n) is 4.19. The van der Waals surface area contributed by atoms with Crippen molar-refractivity contribution in [3.63, 3.8) is 0 Å². The third-order valence-electron chi connectivity index (χ3n) is 1.58. The van der Waals surface area contributed by atoms with Gasteiger partial charge >= 0.3 is 0 Å². The van der Waals surface area contributed by atoms with Gasteiger partial charge < -0.3 is 5.73 Å². The van der Waals surface area contributed by atoms with Gasteiger partial charge in [0.1, 0.15) is 5.69 Å². The fourth-order valence-electron chi connectivity index (χ4n) is 0.895. The van der Waals surface area contributed by atoms with Crippen molar-refractivity contribution in [1.82, 2.24) is 4.98 Å². The van der Waals surface area contributed by atoms with Crippen LogP contribution in [0.4, 0.5) is 0 Å². The van der Waals surface area contributed by atoms with Crippen LogP contribution in [0.15, 0.2) is 23.2 Å². The Morgan fingerprint density at radius 1 is 1.56 bits per heavy atom. The second kappa shape index (κ2) is 5.51. The van der Waals surface area contributed by atoms with Crippen molar-refractivity contribution < 1.29 is 13.2 Å². The Bertz CT molecular complexity index is 490. The molecule has 1 amide bonds. The minimum absolute atomic E-state index is 0.131. The number of nitrogens with two attached hydrogens (primary N) is 1. The molecule has 1 rings (SSSR count). The van der Waals surface area contributed by atoms with Gasteiger partial charge in [-0.15, -0.1) is 11.8 Å². The Morgan fingerprint density at radius 2 is 2.25 bits per heavy atom. The molecule has 0 fully saturated rings. The molecule has 0 aliphatic rings. The molecule has 0 saturated heterocycles. The predicted molar refractivity (Wildman–Crippen MR) is 63.1 cm³/mol. The molecule has 0 unspecified atom stereocenters. The maximum absolute atomic E-state index is 10.8. The van der Waals surface area contributed by atoms with Gasteiger partial charge in [-0.2, -0.15) is 0 Å². The molecule has 2 N–H and O–H groups in total. The molecule has 0 aliphatic heterocycles. The molecule has 0 radical (unpaired) electrons. The van der Waals surface area contributed by atoms with Crippen molar-refractivity contribution in [2.45, 2.75) is 4.90 Å². The van der Waals surface area contributed by atoms with Crippen LogP contribution in [0.2, 0.25) is 0 Å². The number of carbonyl (C=O) groups is 1. The Morgan fingerprint density at radius 3 is 2.81 bits per heavy atom. The summed E-state index contributed by atoms with van der Waals surface area (Å²) in [6, 6.07) is 3.17. The van der Waals surface area contributed by atoms with E-state index in [1.807, 2.05) is 0 Å². The largest absolute Gasteiger partial charge is 0.364 e. The van der Waals surface area contributed by atoms with Crippen molar-refractivity contribution in [2.75, 3.05) is 11.5 Å². The molecular weight excluding hydrogens is 272 g/mol. The molecule has 16 heavy (non-hydrogen) atoms. The summed E-state index contributed by atoms with van der Waals surface area (Å²) in [6.07, 6.45) is 1.44. The molecular formula is C8H9ClN2O3S2. The maximum Gasteiger partial charge on any atom is 0.267 e. The Balaban J connectivity index is 2.61. The molecule has 88 valence electrons. The molecule has 0 aromatic carbocycles. The van der Waals surface area contributed by atoms with Crippen molar-refractivity contribution in [2.24, 2.45) is 5.73 Å². The number of amides is 1. The van der Waals surface area contributed by atoms with Gasteiger partial charge in [-0.3, -0.25) is 9.78 Å². The van der Waals surface area contributed by atoms with Crippen LogP contribution in [-0.4, -0.2) is 30.8 Å². The van der Waals surface area contributed by atoms with Crippen LogP contribution in [0, 0.1) is 0 Å².